The molecule has 6 nitrogen and oxygen atoms in total. The summed E-state index contributed by atoms with van der Waals surface area (Å²) in [7, 11) is 1.72. The van der Waals surface area contributed by atoms with Crippen molar-refractivity contribution in [1.29, 1.82) is 0 Å². The zero-order valence-corrected chi connectivity index (χ0v) is 14.3. The lowest BCUT2D eigenvalue weighted by molar-refractivity contribution is -0.116. The summed E-state index contributed by atoms with van der Waals surface area (Å²) in [5, 5.41) is 3.91. The zero-order valence-electron chi connectivity index (χ0n) is 14.3. The van der Waals surface area contributed by atoms with Crippen LogP contribution in [0.2, 0.25) is 0 Å². The molecular formula is C20H18N4O2. The molecule has 4 rings (SSSR count). The molecule has 0 bridgehead atoms. The molecule has 2 N–H and O–H groups in total. The lowest BCUT2D eigenvalue weighted by atomic mass is 10.2. The number of nitrogens with one attached hydrogen (secondary N) is 2. The van der Waals surface area contributed by atoms with Crippen LogP contribution in [0.1, 0.15) is 12.1 Å². The van der Waals surface area contributed by atoms with Gasteiger partial charge in [-0.3, -0.25) is 9.59 Å². The highest BCUT2D eigenvalue weighted by Crippen LogP contribution is 2.18. The number of aryl methyl sites for hydroxylation is 2. The summed E-state index contributed by atoms with van der Waals surface area (Å²) in [5.41, 5.74) is 3.54. The summed E-state index contributed by atoms with van der Waals surface area (Å²) >= 11 is 0. The summed E-state index contributed by atoms with van der Waals surface area (Å²) in [6.45, 7) is 0. The van der Waals surface area contributed by atoms with Gasteiger partial charge in [0.1, 0.15) is 5.69 Å². The van der Waals surface area contributed by atoms with Crippen LogP contribution in [0.5, 0.6) is 0 Å². The quantitative estimate of drug-likeness (QED) is 0.596. The third kappa shape index (κ3) is 2.97. The Hall–Kier alpha value is -3.41. The maximum atomic E-state index is 12.4. The molecule has 1 amide bonds. The Morgan fingerprint density at radius 1 is 1.19 bits per heavy atom. The van der Waals surface area contributed by atoms with Crippen molar-refractivity contribution in [3.63, 3.8) is 0 Å². The molecular weight excluding hydrogens is 328 g/mol. The topological polar surface area (TPSA) is 79.8 Å². The fraction of sp³-hybridized carbons (Fsp3) is 0.150. The van der Waals surface area contributed by atoms with E-state index in [0.29, 0.717) is 12.1 Å². The molecule has 0 saturated carbocycles. The van der Waals surface area contributed by atoms with Crippen LogP contribution in [-0.4, -0.2) is 20.4 Å². The summed E-state index contributed by atoms with van der Waals surface area (Å²) in [6.07, 6.45) is 2.36. The third-order valence-electron chi connectivity index (χ3n) is 4.48. The van der Waals surface area contributed by atoms with E-state index in [0.717, 1.165) is 27.6 Å². The van der Waals surface area contributed by atoms with Gasteiger partial charge in [-0.25, -0.2) is 4.98 Å². The molecule has 2 aromatic carbocycles. The summed E-state index contributed by atoms with van der Waals surface area (Å²) in [5.74, 6) is -0.142. The van der Waals surface area contributed by atoms with Gasteiger partial charge in [-0.05, 0) is 36.4 Å². The lowest BCUT2D eigenvalue weighted by Gasteiger charge is -2.08. The number of H-pyrrole nitrogens is 1. The van der Waals surface area contributed by atoms with Crippen molar-refractivity contribution in [2.75, 3.05) is 5.32 Å². The number of benzene rings is 2. The average Bonchev–Trinajstić information content (AvgIpc) is 3.11. The molecule has 0 aliphatic rings. The number of carbonyl (C=O) groups is 1. The minimum absolute atomic E-state index is 0.142. The van der Waals surface area contributed by atoms with Gasteiger partial charge < -0.3 is 14.9 Å². The van der Waals surface area contributed by atoms with E-state index in [-0.39, 0.29) is 17.9 Å². The van der Waals surface area contributed by atoms with E-state index < -0.39 is 0 Å². The van der Waals surface area contributed by atoms with E-state index in [4.69, 9.17) is 0 Å². The zero-order chi connectivity index (χ0) is 18.1. The second kappa shape index (κ2) is 6.48. The first kappa shape index (κ1) is 16.1. The van der Waals surface area contributed by atoms with Gasteiger partial charge >= 0.3 is 0 Å². The van der Waals surface area contributed by atoms with Gasteiger partial charge in [-0.15, -0.1) is 0 Å². The number of hydrogen-bond acceptors (Lipinski definition) is 3. The molecule has 0 aliphatic carbocycles. The fourth-order valence-corrected chi connectivity index (χ4v) is 3.09. The lowest BCUT2D eigenvalue weighted by Crippen LogP contribution is -2.24. The van der Waals surface area contributed by atoms with Gasteiger partial charge in [0.2, 0.25) is 5.91 Å². The predicted octanol–water partition coefficient (Wildman–Crippen LogP) is 2.99. The molecule has 6 heteroatoms. The maximum Gasteiger partial charge on any atom is 0.272 e. The molecule has 0 spiro atoms. The van der Waals surface area contributed by atoms with E-state index in [2.05, 4.69) is 15.3 Å². The van der Waals surface area contributed by atoms with Crippen molar-refractivity contribution in [3.05, 3.63) is 70.8 Å². The van der Waals surface area contributed by atoms with Gasteiger partial charge in [0, 0.05) is 42.7 Å². The van der Waals surface area contributed by atoms with Crippen molar-refractivity contribution >= 4 is 33.5 Å². The molecule has 2 heterocycles. The van der Waals surface area contributed by atoms with Crippen molar-refractivity contribution in [1.82, 2.24) is 14.5 Å². The van der Waals surface area contributed by atoms with E-state index in [1.165, 1.54) is 0 Å². The number of rotatable bonds is 4. The number of aromatic amines is 1. The predicted molar refractivity (Wildman–Crippen MR) is 102 cm³/mol. The largest absolute Gasteiger partial charge is 0.361 e. The standard InChI is InChI=1S/C20H18N4O2/c1-24-18-5-3-2-4-16(18)23-17(20(24)26)8-9-19(25)22-14-6-7-15-13(12-14)10-11-21-15/h2-7,10-12,21H,8-9H2,1H3,(H,22,25). The Labute approximate surface area is 149 Å². The highest BCUT2D eigenvalue weighted by Gasteiger charge is 2.11. The molecule has 0 saturated heterocycles. The average molecular weight is 346 g/mol. The number of anilines is 1. The van der Waals surface area contributed by atoms with Gasteiger partial charge in [-0.2, -0.15) is 0 Å². The highest BCUT2D eigenvalue weighted by molar-refractivity contribution is 5.93. The number of carbonyl (C=O) groups excluding carboxylic acids is 1. The first-order chi connectivity index (χ1) is 12.6. The SMILES string of the molecule is Cn1c(=O)c(CCC(=O)Nc2ccc3[nH]ccc3c2)nc2ccccc21. The number of aromatic nitrogens is 3. The van der Waals surface area contributed by atoms with Gasteiger partial charge in [0.15, 0.2) is 0 Å². The second-order valence-electron chi connectivity index (χ2n) is 6.24. The Morgan fingerprint density at radius 3 is 2.92 bits per heavy atom. The molecule has 26 heavy (non-hydrogen) atoms. The minimum atomic E-state index is -0.162. The molecule has 0 atom stereocenters. The monoisotopic (exact) mass is 346 g/mol. The molecule has 0 fully saturated rings. The summed E-state index contributed by atoms with van der Waals surface area (Å²) < 4.78 is 1.58. The van der Waals surface area contributed by atoms with Crippen LogP contribution in [0, 0.1) is 0 Å². The van der Waals surface area contributed by atoms with Crippen molar-refractivity contribution in [3.8, 4) is 0 Å². The van der Waals surface area contributed by atoms with E-state index >= 15 is 0 Å². The van der Waals surface area contributed by atoms with Gasteiger partial charge in [0.25, 0.3) is 5.56 Å². The van der Waals surface area contributed by atoms with Crippen LogP contribution in [0.25, 0.3) is 21.9 Å². The fourth-order valence-electron chi connectivity index (χ4n) is 3.09. The number of amides is 1. The molecule has 2 aromatic heterocycles. The molecule has 0 aliphatic heterocycles. The molecule has 0 unspecified atom stereocenters. The number of para-hydroxylation sites is 2. The number of hydrogen-bond donors (Lipinski definition) is 2. The Bertz CT molecular complexity index is 1170. The number of nitrogens with zero attached hydrogens (tertiary/aromatic N) is 2. The minimum Gasteiger partial charge on any atom is -0.361 e. The molecule has 130 valence electrons. The number of fused-ring (bicyclic) bond motifs is 2. The van der Waals surface area contributed by atoms with Crippen LogP contribution in [-0.2, 0) is 18.3 Å². The Balaban J connectivity index is 1.49. The Morgan fingerprint density at radius 2 is 2.04 bits per heavy atom. The van der Waals surface area contributed by atoms with Crippen molar-refractivity contribution < 1.29 is 4.79 Å². The smallest absolute Gasteiger partial charge is 0.272 e. The van der Waals surface area contributed by atoms with E-state index in [9.17, 15) is 9.59 Å². The van der Waals surface area contributed by atoms with Crippen LogP contribution >= 0.6 is 0 Å². The maximum absolute atomic E-state index is 12.4. The van der Waals surface area contributed by atoms with Crippen LogP contribution in [0.3, 0.4) is 0 Å². The van der Waals surface area contributed by atoms with Crippen LogP contribution in [0.15, 0.2) is 59.5 Å². The molecule has 4 aromatic rings. The first-order valence-corrected chi connectivity index (χ1v) is 8.43. The normalized spacial score (nSPS) is 11.1. The third-order valence-corrected chi connectivity index (χ3v) is 4.48. The van der Waals surface area contributed by atoms with E-state index in [1.54, 1.807) is 11.6 Å². The van der Waals surface area contributed by atoms with Crippen LogP contribution in [0.4, 0.5) is 5.69 Å². The van der Waals surface area contributed by atoms with Crippen molar-refractivity contribution in [2.24, 2.45) is 7.05 Å². The summed E-state index contributed by atoms with van der Waals surface area (Å²) in [6, 6.07) is 15.1. The second-order valence-corrected chi connectivity index (χ2v) is 6.24. The van der Waals surface area contributed by atoms with Gasteiger partial charge in [-0.1, -0.05) is 12.1 Å². The highest BCUT2D eigenvalue weighted by atomic mass is 16.1. The Kier molecular flexibility index (Phi) is 4.01. The van der Waals surface area contributed by atoms with Gasteiger partial charge in [0.05, 0.1) is 11.0 Å². The van der Waals surface area contributed by atoms with Crippen molar-refractivity contribution in [2.45, 2.75) is 12.8 Å². The molecule has 0 radical (unpaired) electrons. The first-order valence-electron chi connectivity index (χ1n) is 8.43. The van der Waals surface area contributed by atoms with Crippen LogP contribution < -0.4 is 10.9 Å². The van der Waals surface area contributed by atoms with E-state index in [1.807, 2.05) is 54.7 Å². The summed E-state index contributed by atoms with van der Waals surface area (Å²) in [4.78, 5) is 32.2.